The number of carboxylic acids is 1. The number of nitrogens with two attached hydrogens (primary N) is 3. The fraction of sp³-hybridized carbons (Fsp3) is 0.667. The molecule has 0 spiro atoms. The zero-order valence-electron chi connectivity index (χ0n) is 8.53. The van der Waals surface area contributed by atoms with E-state index in [0.717, 1.165) is 0 Å². The third kappa shape index (κ3) is 5.48. The molecule has 2 unspecified atom stereocenters. The number of aliphatic imine (C=N–C) groups is 1. The van der Waals surface area contributed by atoms with Crippen molar-refractivity contribution < 1.29 is 12.6 Å². The van der Waals surface area contributed by atoms with E-state index in [-0.39, 0.29) is 18.9 Å². The number of carboxylic acid groups (broad SMARTS) is 1. The van der Waals surface area contributed by atoms with Crippen molar-refractivity contribution in [1.29, 1.82) is 0 Å². The summed E-state index contributed by atoms with van der Waals surface area (Å²) in [4.78, 5) is 14.0. The van der Waals surface area contributed by atoms with Crippen LogP contribution in [0.3, 0.4) is 0 Å². The van der Waals surface area contributed by atoms with E-state index in [1.165, 1.54) is 0 Å². The lowest BCUT2D eigenvalue weighted by Gasteiger charge is -2.03. The average molecular weight is 178 g/mol. The Kier molecular flexibility index (Phi) is 3.29. The van der Waals surface area contributed by atoms with Gasteiger partial charge in [-0.3, -0.25) is 9.79 Å². The van der Waals surface area contributed by atoms with Crippen LogP contribution in [0.25, 0.3) is 0 Å². The summed E-state index contributed by atoms with van der Waals surface area (Å²) in [5.74, 6) is -1.68. The fourth-order valence-electron chi connectivity index (χ4n) is 0.501. The molecular formula is C6H14N4O2. The van der Waals surface area contributed by atoms with Gasteiger partial charge in [-0.1, -0.05) is 0 Å². The van der Waals surface area contributed by atoms with Gasteiger partial charge in [0.1, 0.15) is 6.02 Å². The molecule has 0 saturated carbocycles. The lowest BCUT2D eigenvalue weighted by atomic mass is 10.2. The molecule has 0 bridgehead atoms. The van der Waals surface area contributed by atoms with E-state index >= 15 is 0 Å². The molecule has 0 aliphatic carbocycles. The fourth-order valence-corrected chi connectivity index (χ4v) is 0.501. The summed E-state index contributed by atoms with van der Waals surface area (Å²) < 4.78 is 14.5. The third-order valence-corrected chi connectivity index (χ3v) is 1.03. The molecule has 0 aliphatic rings. The summed E-state index contributed by atoms with van der Waals surface area (Å²) in [6, 6.07) is -2.32. The SMILES string of the molecule is [3H]C(CCN=C(N)N)C([3H])(N)C(=O)O. The second-order valence-electron chi connectivity index (χ2n) is 2.06. The van der Waals surface area contributed by atoms with Crippen LogP contribution in [0.15, 0.2) is 4.99 Å². The minimum Gasteiger partial charge on any atom is -0.480 e. The maximum Gasteiger partial charge on any atom is 0.320 e. The van der Waals surface area contributed by atoms with Gasteiger partial charge in [0, 0.05) is 7.92 Å². The highest BCUT2D eigenvalue weighted by Crippen LogP contribution is 1.94. The molecule has 6 heteroatoms. The number of rotatable bonds is 5. The van der Waals surface area contributed by atoms with Crippen LogP contribution in [0, 0.1) is 0 Å². The zero-order chi connectivity index (χ0) is 11.4. The number of nitrogens with zero attached hydrogens (tertiary/aromatic N) is 1. The first-order valence-electron chi connectivity index (χ1n) is 4.36. The Bertz CT molecular complexity index is 240. The van der Waals surface area contributed by atoms with Crippen LogP contribution >= 0.6 is 0 Å². The Balaban J connectivity index is 4.15. The summed E-state index contributed by atoms with van der Waals surface area (Å²) in [5, 5.41) is 8.50. The van der Waals surface area contributed by atoms with E-state index in [1.807, 2.05) is 0 Å². The molecule has 6 nitrogen and oxygen atoms in total. The topological polar surface area (TPSA) is 128 Å². The van der Waals surface area contributed by atoms with Crippen LogP contribution in [-0.4, -0.2) is 29.6 Å². The highest BCUT2D eigenvalue weighted by Gasteiger charge is 2.09. The lowest BCUT2D eigenvalue weighted by molar-refractivity contribution is -0.138. The first-order valence-corrected chi connectivity index (χ1v) is 3.28. The van der Waals surface area contributed by atoms with Crippen molar-refractivity contribution in [3.8, 4) is 0 Å². The van der Waals surface area contributed by atoms with Gasteiger partial charge in [0.2, 0.25) is 0 Å². The molecular weight excluding hydrogens is 160 g/mol. The average Bonchev–Trinajstić information content (AvgIpc) is 2.02. The molecule has 0 rings (SSSR count). The second-order valence-corrected chi connectivity index (χ2v) is 2.06. The van der Waals surface area contributed by atoms with Crippen molar-refractivity contribution in [2.24, 2.45) is 22.2 Å². The highest BCUT2D eigenvalue weighted by atomic mass is 16.4. The van der Waals surface area contributed by atoms with Gasteiger partial charge in [-0.05, 0) is 12.8 Å². The van der Waals surface area contributed by atoms with E-state index in [9.17, 15) is 4.79 Å². The molecule has 0 aromatic carbocycles. The molecule has 0 heterocycles. The van der Waals surface area contributed by atoms with Gasteiger partial charge in [-0.2, -0.15) is 0 Å². The zero-order valence-corrected chi connectivity index (χ0v) is 6.53. The number of guanidine groups is 1. The summed E-state index contributed by atoms with van der Waals surface area (Å²) in [5.41, 5.74) is 15.1. The van der Waals surface area contributed by atoms with E-state index in [4.69, 9.17) is 25.0 Å². The normalized spacial score (nSPS) is 19.8. The summed E-state index contributed by atoms with van der Waals surface area (Å²) in [7, 11) is 0. The molecule has 2 atom stereocenters. The van der Waals surface area contributed by atoms with Crippen LogP contribution in [0.4, 0.5) is 0 Å². The summed E-state index contributed by atoms with van der Waals surface area (Å²) in [6.07, 6.45) is -1.26. The van der Waals surface area contributed by atoms with Crippen LogP contribution in [-0.2, 0) is 4.79 Å². The molecule has 0 fully saturated rings. The van der Waals surface area contributed by atoms with Gasteiger partial charge in [0.25, 0.3) is 0 Å². The number of hydrogen-bond acceptors (Lipinski definition) is 3. The van der Waals surface area contributed by atoms with Crippen LogP contribution in [0.5, 0.6) is 0 Å². The Hall–Kier alpha value is -1.30. The van der Waals surface area contributed by atoms with Crippen molar-refractivity contribution in [2.45, 2.75) is 18.8 Å². The van der Waals surface area contributed by atoms with Crippen molar-refractivity contribution in [2.75, 3.05) is 6.54 Å². The van der Waals surface area contributed by atoms with Crippen LogP contribution < -0.4 is 17.2 Å². The lowest BCUT2D eigenvalue weighted by Crippen LogP contribution is -2.30. The molecule has 0 radical (unpaired) electrons. The molecule has 0 saturated heterocycles. The maximum atomic E-state index is 10.4. The molecule has 0 amide bonds. The van der Waals surface area contributed by atoms with Crippen molar-refractivity contribution in [1.82, 2.24) is 0 Å². The largest absolute Gasteiger partial charge is 0.480 e. The van der Waals surface area contributed by atoms with E-state index in [0.29, 0.717) is 0 Å². The minimum atomic E-state index is -2.32. The highest BCUT2D eigenvalue weighted by molar-refractivity contribution is 5.75. The van der Waals surface area contributed by atoms with Gasteiger partial charge in [-0.25, -0.2) is 0 Å². The standard InChI is InChI=1S/C6H14N4O2/c7-4(5(11)12)2-1-3-10-6(8)9/h4H,1-3,7H2,(H,11,12)(H4,8,9,10)/i2T,4T. The second kappa shape index (κ2) is 5.36. The number of aliphatic carboxylic acids is 1. The first-order chi connectivity index (χ1) is 6.28. The maximum absolute atomic E-state index is 10.4. The van der Waals surface area contributed by atoms with Gasteiger partial charge in [-0.15, -0.1) is 0 Å². The molecule has 7 N–H and O–H groups in total. The first kappa shape index (κ1) is 7.35. The van der Waals surface area contributed by atoms with Gasteiger partial charge in [0.15, 0.2) is 5.96 Å². The molecule has 0 aromatic rings. The number of hydrogen-bond donors (Lipinski definition) is 4. The Morgan fingerprint density at radius 2 is 2.33 bits per heavy atom. The van der Waals surface area contributed by atoms with Gasteiger partial charge in [0.05, 0.1) is 1.37 Å². The molecule has 70 valence electrons. The Morgan fingerprint density at radius 1 is 1.75 bits per heavy atom. The smallest absolute Gasteiger partial charge is 0.320 e. The van der Waals surface area contributed by atoms with Crippen molar-refractivity contribution in [3.63, 3.8) is 0 Å². The van der Waals surface area contributed by atoms with Crippen molar-refractivity contribution >= 4 is 11.9 Å². The van der Waals surface area contributed by atoms with E-state index in [2.05, 4.69) is 4.99 Å². The van der Waals surface area contributed by atoms with Gasteiger partial charge < -0.3 is 22.3 Å². The van der Waals surface area contributed by atoms with E-state index < -0.39 is 18.4 Å². The summed E-state index contributed by atoms with van der Waals surface area (Å²) in [6.45, 7) is 0.0849. The monoisotopic (exact) mass is 178 g/mol. The quantitative estimate of drug-likeness (QED) is 0.299. The van der Waals surface area contributed by atoms with Gasteiger partial charge >= 0.3 is 5.97 Å². The predicted molar refractivity (Wildman–Crippen MR) is 45.5 cm³/mol. The van der Waals surface area contributed by atoms with E-state index in [1.54, 1.807) is 0 Å². The van der Waals surface area contributed by atoms with Crippen molar-refractivity contribution in [3.05, 3.63) is 0 Å². The molecule has 0 aliphatic heterocycles. The number of carbonyl (C=O) groups is 1. The third-order valence-electron chi connectivity index (χ3n) is 1.03. The Morgan fingerprint density at radius 3 is 2.75 bits per heavy atom. The van der Waals surface area contributed by atoms with Crippen LogP contribution in [0.2, 0.25) is 0 Å². The Labute approximate surface area is 73.2 Å². The molecule has 12 heavy (non-hydrogen) atoms. The molecule has 0 aromatic heterocycles. The predicted octanol–water partition coefficient (Wildman–Crippen LogP) is -1.55. The minimum absolute atomic E-state index is 0.0181. The summed E-state index contributed by atoms with van der Waals surface area (Å²) >= 11 is 0. The van der Waals surface area contributed by atoms with Crippen LogP contribution in [0.1, 0.15) is 15.6 Å².